The molecule has 0 bridgehead atoms. The number of thiazole rings is 1. The van der Waals surface area contributed by atoms with E-state index < -0.39 is 34.9 Å². The fraction of sp³-hybridized carbons (Fsp3) is 0.296. The van der Waals surface area contributed by atoms with Crippen LogP contribution in [0.2, 0.25) is 0 Å². The van der Waals surface area contributed by atoms with Crippen LogP contribution in [0.15, 0.2) is 58.4 Å². The van der Waals surface area contributed by atoms with E-state index in [-0.39, 0.29) is 30.6 Å². The highest BCUT2D eigenvalue weighted by molar-refractivity contribution is 8.00. The van der Waals surface area contributed by atoms with E-state index in [1.54, 1.807) is 50.2 Å². The topological polar surface area (TPSA) is 132 Å². The van der Waals surface area contributed by atoms with Gasteiger partial charge in [-0.15, -0.1) is 0 Å². The molecule has 2 aliphatic heterocycles. The first-order valence-corrected chi connectivity index (χ1v) is 13.9. The Kier molecular flexibility index (Phi) is 7.58. The molecule has 1 fully saturated rings. The van der Waals surface area contributed by atoms with Crippen LogP contribution in [-0.4, -0.2) is 53.8 Å². The summed E-state index contributed by atoms with van der Waals surface area (Å²) in [6.45, 7) is 3.67. The number of aromatic amines is 1. The standard InChI is InChI=1S/C27H24N2O8S2/c1-3-35-18(30)13-37-17-11-7-14(8-12-17)19-20-22(38-23-21(19)39-27(34)28-23)25(32)29(24(20)31)16-9-5-15(6-10-16)26(33)36-4-2/h5-12,19-20,22H,3-4,13H2,1-2H3,(H,28,34)/t19-,20?,22?/m1/s1. The molecule has 1 N–H and O–H groups in total. The number of H-pyrrole nitrogens is 1. The number of nitrogens with zero attached hydrogens (tertiary/aromatic N) is 1. The molecule has 39 heavy (non-hydrogen) atoms. The van der Waals surface area contributed by atoms with Crippen molar-refractivity contribution in [1.82, 2.24) is 4.98 Å². The molecule has 202 valence electrons. The van der Waals surface area contributed by atoms with Gasteiger partial charge >= 0.3 is 16.8 Å². The second-order valence-electron chi connectivity index (χ2n) is 8.69. The van der Waals surface area contributed by atoms with E-state index in [1.807, 2.05) is 0 Å². The first-order valence-electron chi connectivity index (χ1n) is 12.2. The largest absolute Gasteiger partial charge is 0.482 e. The number of esters is 2. The number of imide groups is 1. The van der Waals surface area contributed by atoms with Crippen LogP contribution >= 0.6 is 23.1 Å². The third-order valence-electron chi connectivity index (χ3n) is 6.36. The lowest BCUT2D eigenvalue weighted by Gasteiger charge is -2.29. The van der Waals surface area contributed by atoms with Crippen LogP contribution in [0, 0.1) is 5.92 Å². The fourth-order valence-corrected chi connectivity index (χ4v) is 7.22. The summed E-state index contributed by atoms with van der Waals surface area (Å²) in [7, 11) is 0. The number of anilines is 1. The molecule has 3 atom stereocenters. The quantitative estimate of drug-likeness (QED) is 0.321. The third-order valence-corrected chi connectivity index (χ3v) is 8.76. The Morgan fingerprint density at radius 3 is 2.28 bits per heavy atom. The number of benzene rings is 2. The van der Waals surface area contributed by atoms with Gasteiger partial charge in [0.15, 0.2) is 6.61 Å². The molecule has 2 aliphatic rings. The van der Waals surface area contributed by atoms with Gasteiger partial charge in [0, 0.05) is 10.8 Å². The Balaban J connectivity index is 1.45. The Morgan fingerprint density at radius 1 is 0.923 bits per heavy atom. The maximum Gasteiger partial charge on any atom is 0.344 e. The van der Waals surface area contributed by atoms with Gasteiger partial charge in [-0.25, -0.2) is 14.5 Å². The summed E-state index contributed by atoms with van der Waals surface area (Å²) in [4.78, 5) is 67.7. The van der Waals surface area contributed by atoms with Gasteiger partial charge in [0.2, 0.25) is 11.8 Å². The number of hydrogen-bond acceptors (Lipinski definition) is 10. The van der Waals surface area contributed by atoms with Crippen molar-refractivity contribution in [3.8, 4) is 5.75 Å². The predicted molar refractivity (Wildman–Crippen MR) is 143 cm³/mol. The summed E-state index contributed by atoms with van der Waals surface area (Å²) >= 11 is 2.20. The summed E-state index contributed by atoms with van der Waals surface area (Å²) in [5, 5.41) is -0.177. The van der Waals surface area contributed by atoms with Crippen LogP contribution in [0.5, 0.6) is 5.75 Å². The molecule has 10 nitrogen and oxygen atoms in total. The number of ether oxygens (including phenoxy) is 3. The highest BCUT2D eigenvalue weighted by Gasteiger charge is 2.56. The van der Waals surface area contributed by atoms with Gasteiger partial charge in [-0.05, 0) is 55.8 Å². The van der Waals surface area contributed by atoms with Crippen molar-refractivity contribution in [2.24, 2.45) is 5.92 Å². The SMILES string of the molecule is CCOC(=O)COc1ccc([C@H]2c3sc(=O)[nH]c3SC3C(=O)N(c4ccc(C(=O)OCC)cc4)C(=O)C32)cc1. The van der Waals surface area contributed by atoms with Crippen LogP contribution in [0.4, 0.5) is 5.69 Å². The maximum absolute atomic E-state index is 13.8. The number of amides is 2. The van der Waals surface area contributed by atoms with Gasteiger partial charge in [-0.3, -0.25) is 14.4 Å². The van der Waals surface area contributed by atoms with E-state index in [1.165, 1.54) is 23.9 Å². The van der Waals surface area contributed by atoms with Crippen molar-refractivity contribution >= 4 is 52.5 Å². The Hall–Kier alpha value is -3.90. The summed E-state index contributed by atoms with van der Waals surface area (Å²) in [5.41, 5.74) is 1.40. The number of carbonyl (C=O) groups is 4. The summed E-state index contributed by atoms with van der Waals surface area (Å²) in [6, 6.07) is 13.0. The minimum absolute atomic E-state index is 0.233. The van der Waals surface area contributed by atoms with Gasteiger partial charge in [-0.1, -0.05) is 35.2 Å². The number of rotatable bonds is 8. The van der Waals surface area contributed by atoms with Gasteiger partial charge < -0.3 is 19.2 Å². The van der Waals surface area contributed by atoms with Gasteiger partial charge in [0.1, 0.15) is 11.0 Å². The van der Waals surface area contributed by atoms with Crippen LogP contribution in [0.25, 0.3) is 0 Å². The maximum atomic E-state index is 13.8. The number of fused-ring (bicyclic) bond motifs is 2. The Bertz CT molecular complexity index is 1480. The number of thioether (sulfide) groups is 1. The number of carbonyl (C=O) groups excluding carboxylic acids is 4. The Morgan fingerprint density at radius 2 is 1.62 bits per heavy atom. The van der Waals surface area contributed by atoms with Gasteiger partial charge in [0.25, 0.3) is 0 Å². The molecular formula is C27H24N2O8S2. The first kappa shape index (κ1) is 26.7. The Labute approximate surface area is 231 Å². The highest BCUT2D eigenvalue weighted by Crippen LogP contribution is 2.53. The zero-order chi connectivity index (χ0) is 27.7. The van der Waals surface area contributed by atoms with Crippen molar-refractivity contribution in [3.63, 3.8) is 0 Å². The second kappa shape index (κ2) is 11.1. The number of aromatic nitrogens is 1. The summed E-state index contributed by atoms with van der Waals surface area (Å²) in [6.07, 6.45) is 0. The normalized spacial score (nSPS) is 19.8. The lowest BCUT2D eigenvalue weighted by atomic mass is 9.83. The van der Waals surface area contributed by atoms with E-state index in [4.69, 9.17) is 14.2 Å². The lowest BCUT2D eigenvalue weighted by Crippen LogP contribution is -2.32. The minimum Gasteiger partial charge on any atom is -0.482 e. The van der Waals surface area contributed by atoms with Crippen molar-refractivity contribution < 1.29 is 33.4 Å². The summed E-state index contributed by atoms with van der Waals surface area (Å²) < 4.78 is 15.4. The molecule has 12 heteroatoms. The molecule has 3 heterocycles. The average molecular weight is 569 g/mol. The monoisotopic (exact) mass is 568 g/mol. The molecular weight excluding hydrogens is 544 g/mol. The van der Waals surface area contributed by atoms with Crippen LogP contribution in [-0.2, 0) is 23.9 Å². The van der Waals surface area contributed by atoms with Crippen molar-refractivity contribution in [3.05, 3.63) is 74.2 Å². The number of hydrogen-bond donors (Lipinski definition) is 1. The smallest absolute Gasteiger partial charge is 0.344 e. The molecule has 0 spiro atoms. The van der Waals surface area contributed by atoms with E-state index in [0.717, 1.165) is 21.8 Å². The van der Waals surface area contributed by atoms with E-state index in [9.17, 15) is 24.0 Å². The molecule has 5 rings (SSSR count). The zero-order valence-electron chi connectivity index (χ0n) is 21.0. The van der Waals surface area contributed by atoms with Gasteiger partial charge in [0.05, 0.1) is 35.4 Å². The molecule has 2 unspecified atom stereocenters. The van der Waals surface area contributed by atoms with E-state index in [2.05, 4.69) is 4.98 Å². The molecule has 0 aliphatic carbocycles. The molecule has 1 aromatic heterocycles. The molecule has 0 saturated carbocycles. The van der Waals surface area contributed by atoms with Crippen molar-refractivity contribution in [2.75, 3.05) is 24.7 Å². The lowest BCUT2D eigenvalue weighted by molar-refractivity contribution is -0.145. The summed E-state index contributed by atoms with van der Waals surface area (Å²) in [5.74, 6) is -2.62. The zero-order valence-corrected chi connectivity index (χ0v) is 22.6. The number of nitrogens with one attached hydrogen (secondary N) is 1. The van der Waals surface area contributed by atoms with Crippen LogP contribution in [0.3, 0.4) is 0 Å². The van der Waals surface area contributed by atoms with Crippen molar-refractivity contribution in [2.45, 2.75) is 30.0 Å². The molecule has 2 amide bonds. The molecule has 2 aromatic carbocycles. The third kappa shape index (κ3) is 5.09. The van der Waals surface area contributed by atoms with Gasteiger partial charge in [-0.2, -0.15) is 0 Å². The predicted octanol–water partition coefficient (Wildman–Crippen LogP) is 3.35. The molecule has 1 saturated heterocycles. The first-order chi connectivity index (χ1) is 18.8. The average Bonchev–Trinajstić information content (AvgIpc) is 3.42. The van der Waals surface area contributed by atoms with Crippen LogP contribution < -0.4 is 14.5 Å². The van der Waals surface area contributed by atoms with Crippen molar-refractivity contribution in [1.29, 1.82) is 0 Å². The highest BCUT2D eigenvalue weighted by atomic mass is 32.2. The van der Waals surface area contributed by atoms with E-state index in [0.29, 0.717) is 26.9 Å². The minimum atomic E-state index is -0.752. The fourth-order valence-electron chi connectivity index (χ4n) is 4.71. The second-order valence-corrected chi connectivity index (χ2v) is 10.9. The van der Waals surface area contributed by atoms with E-state index >= 15 is 0 Å². The molecule has 0 radical (unpaired) electrons. The molecule has 3 aromatic rings. The van der Waals surface area contributed by atoms with Crippen LogP contribution in [0.1, 0.15) is 40.6 Å².